The molecule has 0 unspecified atom stereocenters. The molecular formula is C30H33ClN2O2. The van der Waals surface area contributed by atoms with Crippen LogP contribution >= 0.6 is 11.6 Å². The van der Waals surface area contributed by atoms with Crippen molar-refractivity contribution in [1.29, 1.82) is 0 Å². The first-order valence-electron chi connectivity index (χ1n) is 12.4. The number of para-hydroxylation sites is 1. The van der Waals surface area contributed by atoms with Crippen LogP contribution in [0, 0.1) is 0 Å². The van der Waals surface area contributed by atoms with E-state index < -0.39 is 0 Å². The van der Waals surface area contributed by atoms with Crippen LogP contribution in [0.15, 0.2) is 78.4 Å². The highest BCUT2D eigenvalue weighted by Crippen LogP contribution is 2.26. The van der Waals surface area contributed by atoms with Crippen molar-refractivity contribution < 1.29 is 9.53 Å². The maximum atomic E-state index is 13.1. The number of aryl methyl sites for hydroxylation is 2. The predicted molar refractivity (Wildman–Crippen MR) is 144 cm³/mol. The number of ether oxygens (including phenoxy) is 1. The minimum atomic E-state index is 0.0129. The van der Waals surface area contributed by atoms with Crippen LogP contribution in [0.2, 0.25) is 5.02 Å². The Morgan fingerprint density at radius 3 is 2.51 bits per heavy atom. The molecule has 0 saturated heterocycles. The topological polar surface area (TPSA) is 50.4 Å². The molecule has 4 nitrogen and oxygen atoms in total. The van der Waals surface area contributed by atoms with Gasteiger partial charge in [0, 0.05) is 18.7 Å². The molecule has 1 amide bonds. The molecule has 0 radical (unpaired) electrons. The zero-order valence-electron chi connectivity index (χ0n) is 20.3. The molecule has 2 N–H and O–H groups in total. The fraction of sp³-hybridized carbons (Fsp3) is 0.300. The van der Waals surface area contributed by atoms with E-state index in [9.17, 15) is 4.79 Å². The minimum absolute atomic E-state index is 0.0129. The third-order valence-electron chi connectivity index (χ3n) is 6.44. The summed E-state index contributed by atoms with van der Waals surface area (Å²) in [5.41, 5.74) is 6.81. The van der Waals surface area contributed by atoms with Crippen LogP contribution in [-0.4, -0.2) is 25.6 Å². The van der Waals surface area contributed by atoms with Gasteiger partial charge in [0.05, 0.1) is 11.6 Å². The minimum Gasteiger partial charge on any atom is -0.492 e. The Labute approximate surface area is 213 Å². The van der Waals surface area contributed by atoms with Crippen molar-refractivity contribution in [3.8, 4) is 5.75 Å². The van der Waals surface area contributed by atoms with Crippen molar-refractivity contribution in [2.24, 2.45) is 0 Å². The van der Waals surface area contributed by atoms with E-state index in [1.54, 1.807) is 0 Å². The first kappa shape index (κ1) is 25.0. The molecule has 182 valence electrons. The van der Waals surface area contributed by atoms with Crippen molar-refractivity contribution in [1.82, 2.24) is 10.6 Å². The lowest BCUT2D eigenvalue weighted by Gasteiger charge is -2.22. The summed E-state index contributed by atoms with van der Waals surface area (Å²) in [5, 5.41) is 7.14. The molecule has 35 heavy (non-hydrogen) atoms. The number of rotatable bonds is 10. The largest absolute Gasteiger partial charge is 0.492 e. The van der Waals surface area contributed by atoms with Gasteiger partial charge >= 0.3 is 0 Å². The van der Waals surface area contributed by atoms with Gasteiger partial charge in [0.15, 0.2) is 0 Å². The van der Waals surface area contributed by atoms with Gasteiger partial charge in [-0.05, 0) is 72.2 Å². The van der Waals surface area contributed by atoms with Gasteiger partial charge in [-0.3, -0.25) is 4.79 Å². The van der Waals surface area contributed by atoms with E-state index in [0.29, 0.717) is 24.7 Å². The molecule has 1 heterocycles. The number of halogens is 1. The standard InChI is InChI=1S/C30H33ClN2O2/c1-2-23-9-3-4-10-25(23)20-33-30(34)27-21-32-18-17-26(27)24-15-13-22(14-16-24)8-7-19-35-29-12-6-5-11-28(29)31/h3-6,9-16,32H,2,7-8,17-21H2,1H3,(H,33,34). The van der Waals surface area contributed by atoms with Crippen LogP contribution in [0.25, 0.3) is 5.57 Å². The summed E-state index contributed by atoms with van der Waals surface area (Å²) in [7, 11) is 0. The van der Waals surface area contributed by atoms with Crippen molar-refractivity contribution in [3.63, 3.8) is 0 Å². The fourth-order valence-corrected chi connectivity index (χ4v) is 4.66. The second-order valence-electron chi connectivity index (χ2n) is 8.77. The number of hydrogen-bond donors (Lipinski definition) is 2. The van der Waals surface area contributed by atoms with E-state index in [0.717, 1.165) is 54.7 Å². The van der Waals surface area contributed by atoms with Crippen LogP contribution in [0.3, 0.4) is 0 Å². The predicted octanol–water partition coefficient (Wildman–Crippen LogP) is 5.98. The van der Waals surface area contributed by atoms with E-state index in [2.05, 4.69) is 54.0 Å². The highest BCUT2D eigenvalue weighted by Gasteiger charge is 2.20. The first-order chi connectivity index (χ1) is 17.2. The number of nitrogens with one attached hydrogen (secondary N) is 2. The maximum absolute atomic E-state index is 13.1. The second-order valence-corrected chi connectivity index (χ2v) is 9.18. The van der Waals surface area contributed by atoms with Crippen LogP contribution in [0.4, 0.5) is 0 Å². The Bertz CT molecular complexity index is 1170. The van der Waals surface area contributed by atoms with Gasteiger partial charge in [0.2, 0.25) is 5.91 Å². The molecule has 0 aromatic heterocycles. The average molecular weight is 489 g/mol. The molecular weight excluding hydrogens is 456 g/mol. The summed E-state index contributed by atoms with van der Waals surface area (Å²) in [5.74, 6) is 0.741. The SMILES string of the molecule is CCc1ccccc1CNC(=O)C1=C(c2ccc(CCCOc3ccccc3Cl)cc2)CCNC1. The second kappa shape index (κ2) is 12.6. The first-order valence-corrected chi connectivity index (χ1v) is 12.8. The zero-order chi connectivity index (χ0) is 24.5. The van der Waals surface area contributed by atoms with E-state index in [-0.39, 0.29) is 5.91 Å². The zero-order valence-corrected chi connectivity index (χ0v) is 21.0. The van der Waals surface area contributed by atoms with Gasteiger partial charge in [-0.1, -0.05) is 79.2 Å². The third kappa shape index (κ3) is 6.74. The lowest BCUT2D eigenvalue weighted by molar-refractivity contribution is -0.117. The lowest BCUT2D eigenvalue weighted by atomic mass is 9.92. The summed E-state index contributed by atoms with van der Waals surface area (Å²) in [6.45, 7) is 4.79. The molecule has 5 heteroatoms. The number of amides is 1. The molecule has 0 spiro atoms. The van der Waals surface area contributed by atoms with Gasteiger partial charge in [-0.25, -0.2) is 0 Å². The van der Waals surface area contributed by atoms with Crippen molar-refractivity contribution in [3.05, 3.63) is 106 Å². The van der Waals surface area contributed by atoms with Crippen LogP contribution in [0.1, 0.15) is 42.0 Å². The number of carbonyl (C=O) groups is 1. The van der Waals surface area contributed by atoms with E-state index in [1.807, 2.05) is 36.4 Å². The molecule has 1 aliphatic rings. The summed E-state index contributed by atoms with van der Waals surface area (Å²) in [6.07, 6.45) is 3.64. The summed E-state index contributed by atoms with van der Waals surface area (Å²) >= 11 is 6.15. The molecule has 3 aromatic carbocycles. The monoisotopic (exact) mass is 488 g/mol. The van der Waals surface area contributed by atoms with Gasteiger partial charge in [0.25, 0.3) is 0 Å². The van der Waals surface area contributed by atoms with Gasteiger partial charge in [-0.2, -0.15) is 0 Å². The molecule has 1 aliphatic heterocycles. The van der Waals surface area contributed by atoms with Gasteiger partial charge in [0.1, 0.15) is 5.75 Å². The number of carbonyl (C=O) groups excluding carboxylic acids is 1. The summed E-state index contributed by atoms with van der Waals surface area (Å²) in [4.78, 5) is 13.1. The Morgan fingerprint density at radius 1 is 1.00 bits per heavy atom. The fourth-order valence-electron chi connectivity index (χ4n) is 4.47. The van der Waals surface area contributed by atoms with Gasteiger partial charge in [-0.15, -0.1) is 0 Å². The van der Waals surface area contributed by atoms with Gasteiger partial charge < -0.3 is 15.4 Å². The normalized spacial score (nSPS) is 13.5. The van der Waals surface area contributed by atoms with Crippen LogP contribution in [0.5, 0.6) is 5.75 Å². The lowest BCUT2D eigenvalue weighted by Crippen LogP contribution is -2.34. The Balaban J connectivity index is 1.36. The molecule has 0 saturated carbocycles. The van der Waals surface area contributed by atoms with E-state index in [4.69, 9.17) is 16.3 Å². The molecule has 3 aromatic rings. The third-order valence-corrected chi connectivity index (χ3v) is 6.75. The number of hydrogen-bond acceptors (Lipinski definition) is 3. The Kier molecular flexibility index (Phi) is 8.99. The number of benzene rings is 3. The van der Waals surface area contributed by atoms with Crippen molar-refractivity contribution >= 4 is 23.1 Å². The maximum Gasteiger partial charge on any atom is 0.249 e. The smallest absolute Gasteiger partial charge is 0.249 e. The molecule has 0 atom stereocenters. The molecule has 4 rings (SSSR count). The van der Waals surface area contributed by atoms with E-state index >= 15 is 0 Å². The van der Waals surface area contributed by atoms with Crippen LogP contribution < -0.4 is 15.4 Å². The Morgan fingerprint density at radius 2 is 1.74 bits per heavy atom. The van der Waals surface area contributed by atoms with Crippen molar-refractivity contribution in [2.45, 2.75) is 39.2 Å². The average Bonchev–Trinajstić information content (AvgIpc) is 2.91. The Hall–Kier alpha value is -3.08. The van der Waals surface area contributed by atoms with E-state index in [1.165, 1.54) is 16.7 Å². The quantitative estimate of drug-likeness (QED) is 0.345. The highest BCUT2D eigenvalue weighted by molar-refractivity contribution is 6.32. The molecule has 0 bridgehead atoms. The molecule has 0 aliphatic carbocycles. The highest BCUT2D eigenvalue weighted by atomic mass is 35.5. The van der Waals surface area contributed by atoms with Crippen molar-refractivity contribution in [2.75, 3.05) is 19.7 Å². The summed E-state index contributed by atoms with van der Waals surface area (Å²) < 4.78 is 5.80. The van der Waals surface area contributed by atoms with Crippen LogP contribution in [-0.2, 0) is 24.2 Å². The molecule has 0 fully saturated rings. The summed E-state index contributed by atoms with van der Waals surface area (Å²) in [6, 6.07) is 24.4.